The molecule has 0 aliphatic heterocycles. The molecule has 0 unspecified atom stereocenters. The van der Waals surface area contributed by atoms with E-state index in [1.807, 2.05) is 74.6 Å². The number of benzene rings is 2. The first kappa shape index (κ1) is 20.2. The Kier molecular flexibility index (Phi) is 5.93. The summed E-state index contributed by atoms with van der Waals surface area (Å²) in [5.41, 5.74) is 7.00. The average molecular weight is 414 g/mol. The molecule has 0 aliphatic rings. The van der Waals surface area contributed by atoms with Gasteiger partial charge in [0.1, 0.15) is 11.4 Å². The normalized spacial score (nSPS) is 11.0. The summed E-state index contributed by atoms with van der Waals surface area (Å²) in [6, 6.07) is 19.0. The third-order valence-electron chi connectivity index (χ3n) is 4.76. The van der Waals surface area contributed by atoms with Gasteiger partial charge in [-0.3, -0.25) is 4.79 Å². The molecule has 2 heterocycles. The molecule has 31 heavy (non-hydrogen) atoms. The van der Waals surface area contributed by atoms with Gasteiger partial charge in [-0.05, 0) is 61.4 Å². The number of hydrogen-bond acceptors (Lipinski definition) is 5. The van der Waals surface area contributed by atoms with Gasteiger partial charge in [0.2, 0.25) is 0 Å². The third kappa shape index (κ3) is 4.90. The maximum absolute atomic E-state index is 12.1. The van der Waals surface area contributed by atoms with Gasteiger partial charge in [0, 0.05) is 11.8 Å². The van der Waals surface area contributed by atoms with Crippen molar-refractivity contribution in [3.05, 3.63) is 89.8 Å². The maximum atomic E-state index is 12.1. The second kappa shape index (κ2) is 9.13. The van der Waals surface area contributed by atoms with Crippen molar-refractivity contribution in [2.45, 2.75) is 13.8 Å². The molecule has 156 valence electrons. The van der Waals surface area contributed by atoms with E-state index in [2.05, 4.69) is 15.6 Å². The molecule has 0 aliphatic carbocycles. The Labute approximate surface area is 180 Å². The molecule has 1 N–H and O–H groups in total. The van der Waals surface area contributed by atoms with Gasteiger partial charge in [0.25, 0.3) is 5.91 Å². The van der Waals surface area contributed by atoms with Crippen LogP contribution in [-0.4, -0.2) is 28.5 Å². The van der Waals surface area contributed by atoms with Crippen LogP contribution in [0.25, 0.3) is 17.1 Å². The highest BCUT2D eigenvalue weighted by atomic mass is 16.5. The average Bonchev–Trinajstić information content (AvgIpc) is 3.45. The van der Waals surface area contributed by atoms with Crippen molar-refractivity contribution >= 4 is 12.1 Å². The molecule has 0 fully saturated rings. The Morgan fingerprint density at radius 1 is 1.13 bits per heavy atom. The number of carbonyl (C=O) groups excluding carboxylic acids is 1. The minimum Gasteiger partial charge on any atom is -0.484 e. The summed E-state index contributed by atoms with van der Waals surface area (Å²) in [5, 5.41) is 8.67. The number of hydrazone groups is 1. The maximum Gasteiger partial charge on any atom is 0.277 e. The van der Waals surface area contributed by atoms with Crippen LogP contribution >= 0.6 is 0 Å². The van der Waals surface area contributed by atoms with E-state index in [4.69, 9.17) is 9.15 Å². The van der Waals surface area contributed by atoms with Crippen molar-refractivity contribution < 1.29 is 13.9 Å². The zero-order valence-electron chi connectivity index (χ0n) is 17.3. The highest BCUT2D eigenvalue weighted by Crippen LogP contribution is 2.23. The topological polar surface area (TPSA) is 81.6 Å². The molecule has 1 amide bonds. The smallest absolute Gasteiger partial charge is 0.277 e. The molecular formula is C24H22N4O3. The second-order valence-electron chi connectivity index (χ2n) is 7.02. The second-order valence-corrected chi connectivity index (χ2v) is 7.02. The summed E-state index contributed by atoms with van der Waals surface area (Å²) in [6.07, 6.45) is 4.95. The van der Waals surface area contributed by atoms with E-state index in [9.17, 15) is 4.79 Å². The van der Waals surface area contributed by atoms with Crippen molar-refractivity contribution in [2.24, 2.45) is 5.10 Å². The Morgan fingerprint density at radius 2 is 1.97 bits per heavy atom. The van der Waals surface area contributed by atoms with E-state index in [0.29, 0.717) is 22.8 Å². The third-order valence-corrected chi connectivity index (χ3v) is 4.76. The van der Waals surface area contributed by atoms with Gasteiger partial charge < -0.3 is 9.15 Å². The molecule has 0 atom stereocenters. The minimum absolute atomic E-state index is 0.131. The van der Waals surface area contributed by atoms with Gasteiger partial charge in [0.15, 0.2) is 12.4 Å². The Morgan fingerprint density at radius 3 is 2.71 bits per heavy atom. The molecule has 2 aromatic carbocycles. The van der Waals surface area contributed by atoms with Crippen LogP contribution in [0.2, 0.25) is 0 Å². The van der Waals surface area contributed by atoms with E-state index in [1.54, 1.807) is 17.0 Å². The number of furan rings is 1. The predicted octanol–water partition coefficient (Wildman–Crippen LogP) is 4.28. The van der Waals surface area contributed by atoms with Gasteiger partial charge in [-0.1, -0.05) is 24.3 Å². The number of nitrogens with one attached hydrogen (secondary N) is 1. The summed E-state index contributed by atoms with van der Waals surface area (Å²) in [5.74, 6) is 0.900. The SMILES string of the molecule is Cc1ccc(OCC(=O)N/N=C\c2cn(-c3ccccc3)nc2-c2ccco2)cc1C. The van der Waals surface area contributed by atoms with Gasteiger partial charge in [0.05, 0.1) is 18.2 Å². The lowest BCUT2D eigenvalue weighted by atomic mass is 10.1. The lowest BCUT2D eigenvalue weighted by Gasteiger charge is -2.07. The minimum atomic E-state index is -0.357. The van der Waals surface area contributed by atoms with Crippen LogP contribution in [0.1, 0.15) is 16.7 Å². The van der Waals surface area contributed by atoms with Crippen molar-refractivity contribution in [3.63, 3.8) is 0 Å². The van der Waals surface area contributed by atoms with E-state index >= 15 is 0 Å². The number of para-hydroxylation sites is 1. The van der Waals surface area contributed by atoms with E-state index < -0.39 is 0 Å². The molecule has 0 radical (unpaired) electrons. The number of rotatable bonds is 7. The first-order valence-electron chi connectivity index (χ1n) is 9.81. The van der Waals surface area contributed by atoms with Crippen LogP contribution < -0.4 is 10.2 Å². The lowest BCUT2D eigenvalue weighted by Crippen LogP contribution is -2.24. The fraction of sp³-hybridized carbons (Fsp3) is 0.125. The molecule has 4 rings (SSSR count). The van der Waals surface area contributed by atoms with Crippen LogP contribution in [0.15, 0.2) is 82.6 Å². The van der Waals surface area contributed by atoms with Crippen LogP contribution in [0.4, 0.5) is 0 Å². The quantitative estimate of drug-likeness (QED) is 0.362. The molecule has 0 bridgehead atoms. The van der Waals surface area contributed by atoms with Crippen LogP contribution in [0.5, 0.6) is 5.75 Å². The number of aryl methyl sites for hydroxylation is 2. The zero-order chi connectivity index (χ0) is 21.6. The Hall–Kier alpha value is -4.13. The summed E-state index contributed by atoms with van der Waals surface area (Å²) in [7, 11) is 0. The highest BCUT2D eigenvalue weighted by molar-refractivity contribution is 5.88. The summed E-state index contributed by atoms with van der Waals surface area (Å²) >= 11 is 0. The molecule has 7 heteroatoms. The molecule has 2 aromatic heterocycles. The van der Waals surface area contributed by atoms with Crippen molar-refractivity contribution in [2.75, 3.05) is 6.61 Å². The molecule has 4 aromatic rings. The number of hydrogen-bond donors (Lipinski definition) is 1. The Bertz CT molecular complexity index is 1200. The van der Waals surface area contributed by atoms with E-state index in [-0.39, 0.29) is 12.5 Å². The first-order valence-corrected chi connectivity index (χ1v) is 9.81. The molecular weight excluding hydrogens is 392 g/mol. The van der Waals surface area contributed by atoms with Gasteiger partial charge >= 0.3 is 0 Å². The summed E-state index contributed by atoms with van der Waals surface area (Å²) in [4.78, 5) is 12.1. The monoisotopic (exact) mass is 414 g/mol. The highest BCUT2D eigenvalue weighted by Gasteiger charge is 2.13. The summed E-state index contributed by atoms with van der Waals surface area (Å²) < 4.78 is 12.8. The fourth-order valence-corrected chi connectivity index (χ4v) is 2.96. The van der Waals surface area contributed by atoms with E-state index in [0.717, 1.165) is 11.3 Å². The molecule has 7 nitrogen and oxygen atoms in total. The predicted molar refractivity (Wildman–Crippen MR) is 118 cm³/mol. The van der Waals surface area contributed by atoms with Gasteiger partial charge in [-0.2, -0.15) is 10.2 Å². The summed E-state index contributed by atoms with van der Waals surface area (Å²) in [6.45, 7) is 3.89. The zero-order valence-corrected chi connectivity index (χ0v) is 17.3. The van der Waals surface area contributed by atoms with Gasteiger partial charge in [-0.25, -0.2) is 10.1 Å². The Balaban J connectivity index is 1.44. The van der Waals surface area contributed by atoms with Gasteiger partial charge in [-0.15, -0.1) is 0 Å². The van der Waals surface area contributed by atoms with Crippen molar-refractivity contribution in [3.8, 4) is 22.9 Å². The first-order chi connectivity index (χ1) is 15.1. The van der Waals surface area contributed by atoms with Crippen LogP contribution in [0, 0.1) is 13.8 Å². The van der Waals surface area contributed by atoms with Crippen molar-refractivity contribution in [1.29, 1.82) is 0 Å². The number of aromatic nitrogens is 2. The van der Waals surface area contributed by atoms with Crippen LogP contribution in [0.3, 0.4) is 0 Å². The number of ether oxygens (including phenoxy) is 1. The number of nitrogens with zero attached hydrogens (tertiary/aromatic N) is 3. The molecule has 0 spiro atoms. The number of carbonyl (C=O) groups is 1. The van der Waals surface area contributed by atoms with Crippen LogP contribution in [-0.2, 0) is 4.79 Å². The lowest BCUT2D eigenvalue weighted by molar-refractivity contribution is -0.123. The number of amides is 1. The van der Waals surface area contributed by atoms with Crippen molar-refractivity contribution in [1.82, 2.24) is 15.2 Å². The molecule has 0 saturated heterocycles. The largest absolute Gasteiger partial charge is 0.484 e. The standard InChI is InChI=1S/C24H22N4O3/c1-17-10-11-21(13-18(17)2)31-16-23(29)26-25-14-19-15-28(20-7-4-3-5-8-20)27-24(19)22-9-6-12-30-22/h3-15H,16H2,1-2H3,(H,26,29)/b25-14-. The fourth-order valence-electron chi connectivity index (χ4n) is 2.96. The van der Waals surface area contributed by atoms with E-state index in [1.165, 1.54) is 11.8 Å². The molecule has 0 saturated carbocycles.